The van der Waals surface area contributed by atoms with Gasteiger partial charge in [0.1, 0.15) is 12.4 Å². The minimum Gasteiger partial charge on any atom is -0.489 e. The van der Waals surface area contributed by atoms with Gasteiger partial charge in [-0.15, -0.1) is 0 Å². The fourth-order valence-electron chi connectivity index (χ4n) is 2.00. The molecule has 0 saturated carbocycles. The number of hydrogen-bond acceptors (Lipinski definition) is 2. The van der Waals surface area contributed by atoms with Crippen LogP contribution in [0.5, 0.6) is 5.75 Å². The van der Waals surface area contributed by atoms with Crippen LogP contribution in [0.2, 0.25) is 0 Å². The first-order valence-electron chi connectivity index (χ1n) is 6.79. The van der Waals surface area contributed by atoms with E-state index in [1.54, 1.807) is 0 Å². The molecule has 0 saturated heterocycles. The van der Waals surface area contributed by atoms with Gasteiger partial charge in [-0.05, 0) is 49.7 Å². The Hall–Kier alpha value is -1.80. The summed E-state index contributed by atoms with van der Waals surface area (Å²) in [5.74, 6) is 0.950. The lowest BCUT2D eigenvalue weighted by Gasteiger charge is -2.08. The van der Waals surface area contributed by atoms with Gasteiger partial charge >= 0.3 is 0 Å². The predicted octanol–water partition coefficient (Wildman–Crippen LogP) is 3.42. The van der Waals surface area contributed by atoms with Crippen LogP contribution in [0.4, 0.5) is 0 Å². The monoisotopic (exact) mass is 255 g/mol. The second-order valence-corrected chi connectivity index (χ2v) is 4.63. The molecule has 0 radical (unpaired) electrons. The maximum absolute atomic E-state index is 5.82. The fourth-order valence-corrected chi connectivity index (χ4v) is 2.00. The molecule has 0 aliphatic heterocycles. The molecule has 2 nitrogen and oxygen atoms in total. The number of aryl methyl sites for hydroxylation is 1. The lowest BCUT2D eigenvalue weighted by molar-refractivity contribution is 0.306. The molecule has 2 heteroatoms. The third-order valence-corrected chi connectivity index (χ3v) is 3.04. The normalized spacial score (nSPS) is 10.4. The second-order valence-electron chi connectivity index (χ2n) is 4.63. The Morgan fingerprint density at radius 1 is 0.947 bits per heavy atom. The summed E-state index contributed by atoms with van der Waals surface area (Å²) in [6, 6.07) is 18.6. The van der Waals surface area contributed by atoms with Gasteiger partial charge in [0.15, 0.2) is 0 Å². The average Bonchev–Trinajstić information content (AvgIpc) is 2.47. The summed E-state index contributed by atoms with van der Waals surface area (Å²) in [5.41, 5.74) is 2.53. The molecule has 1 N–H and O–H groups in total. The van der Waals surface area contributed by atoms with Crippen molar-refractivity contribution in [2.24, 2.45) is 0 Å². The minimum absolute atomic E-state index is 0.626. The van der Waals surface area contributed by atoms with Crippen LogP contribution in [0.3, 0.4) is 0 Å². The Bertz CT molecular complexity index is 482. The van der Waals surface area contributed by atoms with E-state index in [1.165, 1.54) is 11.1 Å². The molecular formula is C17H21NO. The van der Waals surface area contributed by atoms with Crippen molar-refractivity contribution in [1.82, 2.24) is 5.32 Å². The Balaban J connectivity index is 1.88. The van der Waals surface area contributed by atoms with E-state index in [1.807, 2.05) is 31.3 Å². The topological polar surface area (TPSA) is 21.3 Å². The molecule has 2 aromatic carbocycles. The van der Waals surface area contributed by atoms with E-state index in [0.29, 0.717) is 6.61 Å². The highest BCUT2D eigenvalue weighted by molar-refractivity contribution is 5.29. The lowest BCUT2D eigenvalue weighted by Crippen LogP contribution is -2.08. The maximum atomic E-state index is 5.82. The molecule has 0 aliphatic carbocycles. The highest BCUT2D eigenvalue weighted by atomic mass is 16.5. The van der Waals surface area contributed by atoms with Gasteiger partial charge in [0.25, 0.3) is 0 Å². The van der Waals surface area contributed by atoms with Gasteiger partial charge in [0.05, 0.1) is 0 Å². The van der Waals surface area contributed by atoms with Gasteiger partial charge in [-0.1, -0.05) is 42.5 Å². The zero-order chi connectivity index (χ0) is 13.3. The van der Waals surface area contributed by atoms with Crippen LogP contribution in [0, 0.1) is 0 Å². The maximum Gasteiger partial charge on any atom is 0.120 e. The molecule has 0 unspecified atom stereocenters. The van der Waals surface area contributed by atoms with Crippen molar-refractivity contribution in [1.29, 1.82) is 0 Å². The van der Waals surface area contributed by atoms with E-state index in [2.05, 4.69) is 35.6 Å². The Morgan fingerprint density at radius 2 is 1.74 bits per heavy atom. The van der Waals surface area contributed by atoms with Crippen LogP contribution < -0.4 is 10.1 Å². The smallest absolute Gasteiger partial charge is 0.120 e. The Morgan fingerprint density at radius 3 is 2.53 bits per heavy atom. The molecule has 0 amide bonds. The third-order valence-electron chi connectivity index (χ3n) is 3.04. The van der Waals surface area contributed by atoms with E-state index >= 15 is 0 Å². The molecule has 0 spiro atoms. The quantitative estimate of drug-likeness (QED) is 0.765. The van der Waals surface area contributed by atoms with E-state index < -0.39 is 0 Å². The molecule has 100 valence electrons. The fraction of sp³-hybridized carbons (Fsp3) is 0.294. The van der Waals surface area contributed by atoms with E-state index in [9.17, 15) is 0 Å². The predicted molar refractivity (Wildman–Crippen MR) is 79.5 cm³/mol. The molecule has 0 atom stereocenters. The summed E-state index contributed by atoms with van der Waals surface area (Å²) >= 11 is 0. The number of nitrogens with one attached hydrogen (secondary N) is 1. The van der Waals surface area contributed by atoms with E-state index in [4.69, 9.17) is 4.74 Å². The van der Waals surface area contributed by atoms with Gasteiger partial charge in [-0.2, -0.15) is 0 Å². The SMILES string of the molecule is CNCCCc1cccc(OCc2ccccc2)c1. The zero-order valence-corrected chi connectivity index (χ0v) is 11.4. The first-order valence-corrected chi connectivity index (χ1v) is 6.79. The van der Waals surface area contributed by atoms with Crippen molar-refractivity contribution in [2.45, 2.75) is 19.4 Å². The van der Waals surface area contributed by atoms with Gasteiger partial charge < -0.3 is 10.1 Å². The Kier molecular flexibility index (Phi) is 5.45. The van der Waals surface area contributed by atoms with Crippen LogP contribution >= 0.6 is 0 Å². The minimum atomic E-state index is 0.626. The lowest BCUT2D eigenvalue weighted by atomic mass is 10.1. The first kappa shape index (κ1) is 13.6. The standard InChI is InChI=1S/C17H21NO/c1-18-12-6-10-15-9-5-11-17(13-15)19-14-16-7-3-2-4-8-16/h2-5,7-9,11,13,18H,6,10,12,14H2,1H3. The summed E-state index contributed by atoms with van der Waals surface area (Å²) in [7, 11) is 1.99. The van der Waals surface area contributed by atoms with Crippen molar-refractivity contribution in [3.8, 4) is 5.75 Å². The molecule has 2 aromatic rings. The first-order chi connectivity index (χ1) is 9.38. The molecule has 19 heavy (non-hydrogen) atoms. The van der Waals surface area contributed by atoms with Crippen LogP contribution in [0.1, 0.15) is 17.5 Å². The van der Waals surface area contributed by atoms with E-state index in [-0.39, 0.29) is 0 Å². The number of hydrogen-bond donors (Lipinski definition) is 1. The van der Waals surface area contributed by atoms with Gasteiger partial charge in [0, 0.05) is 0 Å². The second kappa shape index (κ2) is 7.59. The van der Waals surface area contributed by atoms with Gasteiger partial charge in [0.2, 0.25) is 0 Å². The van der Waals surface area contributed by atoms with Crippen LogP contribution in [-0.2, 0) is 13.0 Å². The largest absolute Gasteiger partial charge is 0.489 e. The molecular weight excluding hydrogens is 234 g/mol. The van der Waals surface area contributed by atoms with Crippen molar-refractivity contribution >= 4 is 0 Å². The molecule has 0 bridgehead atoms. The van der Waals surface area contributed by atoms with Crippen molar-refractivity contribution in [3.05, 3.63) is 65.7 Å². The van der Waals surface area contributed by atoms with Crippen LogP contribution in [-0.4, -0.2) is 13.6 Å². The summed E-state index contributed by atoms with van der Waals surface area (Å²) in [5, 5.41) is 3.17. The molecule has 0 fully saturated rings. The summed E-state index contributed by atoms with van der Waals surface area (Å²) in [6.45, 7) is 1.68. The van der Waals surface area contributed by atoms with Gasteiger partial charge in [-0.25, -0.2) is 0 Å². The summed E-state index contributed by atoms with van der Waals surface area (Å²) in [6.07, 6.45) is 2.24. The number of benzene rings is 2. The summed E-state index contributed by atoms with van der Waals surface area (Å²) in [4.78, 5) is 0. The zero-order valence-electron chi connectivity index (χ0n) is 11.4. The summed E-state index contributed by atoms with van der Waals surface area (Å²) < 4.78 is 5.82. The highest BCUT2D eigenvalue weighted by Gasteiger charge is 1.98. The van der Waals surface area contributed by atoms with E-state index in [0.717, 1.165) is 25.1 Å². The van der Waals surface area contributed by atoms with Crippen LogP contribution in [0.25, 0.3) is 0 Å². The molecule has 0 aromatic heterocycles. The molecule has 0 heterocycles. The number of ether oxygens (including phenoxy) is 1. The molecule has 2 rings (SSSR count). The Labute approximate surface area is 115 Å². The third kappa shape index (κ3) is 4.76. The average molecular weight is 255 g/mol. The van der Waals surface area contributed by atoms with Crippen molar-refractivity contribution in [3.63, 3.8) is 0 Å². The highest BCUT2D eigenvalue weighted by Crippen LogP contribution is 2.16. The van der Waals surface area contributed by atoms with Crippen LogP contribution in [0.15, 0.2) is 54.6 Å². The van der Waals surface area contributed by atoms with Crippen molar-refractivity contribution < 1.29 is 4.74 Å². The number of rotatable bonds is 7. The van der Waals surface area contributed by atoms with Gasteiger partial charge in [-0.3, -0.25) is 0 Å². The van der Waals surface area contributed by atoms with Crippen molar-refractivity contribution in [2.75, 3.05) is 13.6 Å². The molecule has 0 aliphatic rings.